The number of rotatable bonds is 6. The van der Waals surface area contributed by atoms with Gasteiger partial charge < -0.3 is 13.9 Å². The van der Waals surface area contributed by atoms with Crippen LogP contribution in [0.15, 0.2) is 28.7 Å². The van der Waals surface area contributed by atoms with Gasteiger partial charge in [0.15, 0.2) is 5.89 Å². The van der Waals surface area contributed by atoms with Crippen LogP contribution in [-0.4, -0.2) is 17.9 Å². The minimum atomic E-state index is 0.300. The molecule has 0 saturated heterocycles. The zero-order valence-corrected chi connectivity index (χ0v) is 11.2. The van der Waals surface area contributed by atoms with Gasteiger partial charge in [0.25, 0.3) is 0 Å². The summed E-state index contributed by atoms with van der Waals surface area (Å²) in [5.74, 6) is 2.15. The van der Waals surface area contributed by atoms with Gasteiger partial charge in [-0.05, 0) is 26.0 Å². The largest absolute Gasteiger partial charge is 0.493 e. The third kappa shape index (κ3) is 3.68. The van der Waals surface area contributed by atoms with E-state index in [1.165, 1.54) is 5.56 Å². The molecule has 0 atom stereocenters. The van der Waals surface area contributed by atoms with Gasteiger partial charge in [-0.3, -0.25) is 0 Å². The van der Waals surface area contributed by atoms with Gasteiger partial charge in [-0.2, -0.15) is 0 Å². The number of carbonyl (C=O) groups excluding carboxylic acids is 1. The second-order valence-corrected chi connectivity index (χ2v) is 4.39. The number of aromatic nitrogens is 1. The zero-order valence-electron chi connectivity index (χ0n) is 11.2. The molecule has 0 saturated carbocycles. The van der Waals surface area contributed by atoms with Crippen LogP contribution in [0.1, 0.15) is 22.9 Å². The molecule has 4 nitrogen and oxygen atoms in total. The summed E-state index contributed by atoms with van der Waals surface area (Å²) in [7, 11) is 0. The Hall–Kier alpha value is -2.10. The Balaban J connectivity index is 1.87. The normalized spacial score (nSPS) is 10.4. The lowest BCUT2D eigenvalue weighted by Gasteiger charge is -2.04. The molecule has 2 aromatic rings. The topological polar surface area (TPSA) is 52.3 Å². The van der Waals surface area contributed by atoms with Gasteiger partial charge in [0.2, 0.25) is 0 Å². The van der Waals surface area contributed by atoms with Crippen molar-refractivity contribution < 1.29 is 13.9 Å². The van der Waals surface area contributed by atoms with E-state index in [2.05, 4.69) is 4.98 Å². The SMILES string of the molecule is Cc1ccc(OCCc2nc(CC=O)c(C)o2)cc1. The van der Waals surface area contributed by atoms with Crippen LogP contribution < -0.4 is 4.74 Å². The smallest absolute Gasteiger partial charge is 0.198 e. The first-order valence-corrected chi connectivity index (χ1v) is 6.27. The van der Waals surface area contributed by atoms with E-state index in [0.717, 1.165) is 12.0 Å². The standard InChI is InChI=1S/C15H17NO3/c1-11-3-5-13(6-4-11)18-10-8-15-16-14(7-9-17)12(2)19-15/h3-6,9H,7-8,10H2,1-2H3. The number of hydrogen-bond donors (Lipinski definition) is 0. The highest BCUT2D eigenvalue weighted by molar-refractivity contribution is 5.54. The van der Waals surface area contributed by atoms with Crippen LogP contribution in [0.2, 0.25) is 0 Å². The second kappa shape index (κ2) is 6.18. The van der Waals surface area contributed by atoms with Gasteiger partial charge in [0, 0.05) is 6.42 Å². The number of carbonyl (C=O) groups is 1. The van der Waals surface area contributed by atoms with Crippen molar-refractivity contribution in [2.45, 2.75) is 26.7 Å². The van der Waals surface area contributed by atoms with E-state index in [1.807, 2.05) is 38.1 Å². The fourth-order valence-corrected chi connectivity index (χ4v) is 1.75. The molecule has 19 heavy (non-hydrogen) atoms. The molecule has 0 radical (unpaired) electrons. The Morgan fingerprint density at radius 3 is 2.68 bits per heavy atom. The molecule has 4 heteroatoms. The average molecular weight is 259 g/mol. The predicted octanol–water partition coefficient (Wildman–Crippen LogP) is 2.65. The maximum atomic E-state index is 10.5. The fourth-order valence-electron chi connectivity index (χ4n) is 1.75. The first-order valence-electron chi connectivity index (χ1n) is 6.27. The molecule has 0 aliphatic rings. The third-order valence-corrected chi connectivity index (χ3v) is 2.82. The minimum absolute atomic E-state index is 0.300. The van der Waals surface area contributed by atoms with E-state index in [0.29, 0.717) is 36.8 Å². The number of nitrogens with zero attached hydrogens (tertiary/aromatic N) is 1. The van der Waals surface area contributed by atoms with Crippen LogP contribution in [0.25, 0.3) is 0 Å². The molecule has 1 aromatic heterocycles. The van der Waals surface area contributed by atoms with Crippen LogP contribution >= 0.6 is 0 Å². The molecule has 2 rings (SSSR count). The molecule has 0 aliphatic carbocycles. The van der Waals surface area contributed by atoms with Crippen LogP contribution in [0.4, 0.5) is 0 Å². The molecular formula is C15H17NO3. The van der Waals surface area contributed by atoms with E-state index >= 15 is 0 Å². The maximum absolute atomic E-state index is 10.5. The Morgan fingerprint density at radius 1 is 1.26 bits per heavy atom. The van der Waals surface area contributed by atoms with Crippen molar-refractivity contribution in [1.29, 1.82) is 0 Å². The van der Waals surface area contributed by atoms with E-state index in [-0.39, 0.29) is 0 Å². The molecular weight excluding hydrogens is 242 g/mol. The van der Waals surface area contributed by atoms with E-state index < -0.39 is 0 Å². The minimum Gasteiger partial charge on any atom is -0.493 e. The van der Waals surface area contributed by atoms with Gasteiger partial charge in [-0.1, -0.05) is 17.7 Å². The Labute approximate surface area is 112 Å². The van der Waals surface area contributed by atoms with E-state index in [1.54, 1.807) is 0 Å². The van der Waals surface area contributed by atoms with Crippen LogP contribution in [0.3, 0.4) is 0 Å². The highest BCUT2D eigenvalue weighted by Gasteiger charge is 2.08. The summed E-state index contributed by atoms with van der Waals surface area (Å²) in [6.07, 6.45) is 1.72. The van der Waals surface area contributed by atoms with Crippen LogP contribution in [-0.2, 0) is 17.6 Å². The molecule has 0 bridgehead atoms. The summed E-state index contributed by atoms with van der Waals surface area (Å²) in [5.41, 5.74) is 1.91. The quantitative estimate of drug-likeness (QED) is 0.748. The fraction of sp³-hybridized carbons (Fsp3) is 0.333. The van der Waals surface area contributed by atoms with Gasteiger partial charge in [0.1, 0.15) is 17.8 Å². The first-order chi connectivity index (χ1) is 9.19. The number of hydrogen-bond acceptors (Lipinski definition) is 4. The lowest BCUT2D eigenvalue weighted by atomic mass is 10.2. The molecule has 1 heterocycles. The molecule has 1 aromatic carbocycles. The molecule has 0 N–H and O–H groups in total. The third-order valence-electron chi connectivity index (χ3n) is 2.82. The lowest BCUT2D eigenvalue weighted by molar-refractivity contribution is -0.107. The van der Waals surface area contributed by atoms with Crippen LogP contribution in [0, 0.1) is 13.8 Å². The Bertz CT molecular complexity index is 543. The van der Waals surface area contributed by atoms with Crippen molar-refractivity contribution >= 4 is 6.29 Å². The Morgan fingerprint density at radius 2 is 2.00 bits per heavy atom. The van der Waals surface area contributed by atoms with Crippen molar-refractivity contribution in [3.8, 4) is 5.75 Å². The number of aldehydes is 1. The van der Waals surface area contributed by atoms with Crippen molar-refractivity contribution in [2.24, 2.45) is 0 Å². The summed E-state index contributed by atoms with van der Waals surface area (Å²) in [4.78, 5) is 14.7. The van der Waals surface area contributed by atoms with Gasteiger partial charge in [-0.25, -0.2) is 4.98 Å². The Kier molecular flexibility index (Phi) is 4.34. The molecule has 100 valence electrons. The predicted molar refractivity (Wildman–Crippen MR) is 71.4 cm³/mol. The molecule has 0 unspecified atom stereocenters. The summed E-state index contributed by atoms with van der Waals surface area (Å²) in [5, 5.41) is 0. The van der Waals surface area contributed by atoms with Crippen LogP contribution in [0.5, 0.6) is 5.75 Å². The first kappa shape index (κ1) is 13.3. The molecule has 0 aliphatic heterocycles. The van der Waals surface area contributed by atoms with Gasteiger partial charge >= 0.3 is 0 Å². The van der Waals surface area contributed by atoms with Crippen molar-refractivity contribution in [1.82, 2.24) is 4.98 Å². The van der Waals surface area contributed by atoms with Crippen molar-refractivity contribution in [3.05, 3.63) is 47.2 Å². The van der Waals surface area contributed by atoms with E-state index in [9.17, 15) is 4.79 Å². The summed E-state index contributed by atoms with van der Waals surface area (Å²) >= 11 is 0. The highest BCUT2D eigenvalue weighted by atomic mass is 16.5. The summed E-state index contributed by atoms with van der Waals surface area (Å²) in [6.45, 7) is 4.35. The number of benzene rings is 1. The highest BCUT2D eigenvalue weighted by Crippen LogP contribution is 2.13. The monoisotopic (exact) mass is 259 g/mol. The molecule has 0 spiro atoms. The maximum Gasteiger partial charge on any atom is 0.198 e. The van der Waals surface area contributed by atoms with Crippen molar-refractivity contribution in [3.63, 3.8) is 0 Å². The van der Waals surface area contributed by atoms with Crippen molar-refractivity contribution in [2.75, 3.05) is 6.61 Å². The summed E-state index contributed by atoms with van der Waals surface area (Å²) < 4.78 is 11.1. The summed E-state index contributed by atoms with van der Waals surface area (Å²) in [6, 6.07) is 7.89. The van der Waals surface area contributed by atoms with Gasteiger partial charge in [-0.15, -0.1) is 0 Å². The lowest BCUT2D eigenvalue weighted by Crippen LogP contribution is -2.01. The van der Waals surface area contributed by atoms with E-state index in [4.69, 9.17) is 9.15 Å². The number of oxazole rings is 1. The number of aryl methyl sites for hydroxylation is 2. The second-order valence-electron chi connectivity index (χ2n) is 4.39. The molecule has 0 amide bonds. The molecule has 0 fully saturated rings. The average Bonchev–Trinajstić information content (AvgIpc) is 2.73. The number of ether oxygens (including phenoxy) is 1. The van der Waals surface area contributed by atoms with Gasteiger partial charge in [0.05, 0.1) is 18.7 Å². The zero-order chi connectivity index (χ0) is 13.7.